The first-order chi connectivity index (χ1) is 8.90. The van der Waals surface area contributed by atoms with E-state index in [2.05, 4.69) is 0 Å². The van der Waals surface area contributed by atoms with E-state index in [4.69, 9.17) is 5.11 Å². The number of carboxylic acids is 1. The maximum absolute atomic E-state index is 14.0. The zero-order valence-electron chi connectivity index (χ0n) is 10.5. The van der Waals surface area contributed by atoms with Crippen molar-refractivity contribution in [2.24, 2.45) is 0 Å². The molecule has 2 rings (SSSR count). The Balaban J connectivity index is 2.63. The van der Waals surface area contributed by atoms with E-state index in [0.717, 1.165) is 6.07 Å². The lowest BCUT2D eigenvalue weighted by Crippen LogP contribution is -1.99. The number of rotatable bonds is 2. The second kappa shape index (κ2) is 4.80. The Labute approximate surface area is 109 Å². The molecule has 4 heteroatoms. The van der Waals surface area contributed by atoms with Gasteiger partial charge in [-0.05, 0) is 54.8 Å². The normalized spacial score (nSPS) is 10.5. The van der Waals surface area contributed by atoms with Crippen molar-refractivity contribution in [2.45, 2.75) is 13.8 Å². The Bertz CT molecular complexity index is 640. The molecule has 0 fully saturated rings. The Morgan fingerprint density at radius 3 is 2.11 bits per heavy atom. The van der Waals surface area contributed by atoms with Crippen molar-refractivity contribution in [1.29, 1.82) is 0 Å². The van der Waals surface area contributed by atoms with E-state index < -0.39 is 11.8 Å². The summed E-state index contributed by atoms with van der Waals surface area (Å²) in [4.78, 5) is 10.8. The van der Waals surface area contributed by atoms with E-state index in [1.165, 1.54) is 24.3 Å². The molecule has 1 N–H and O–H groups in total. The van der Waals surface area contributed by atoms with Gasteiger partial charge in [-0.1, -0.05) is 6.07 Å². The molecule has 0 amide bonds. The molecule has 2 aromatic rings. The molecule has 0 heterocycles. The zero-order valence-corrected chi connectivity index (χ0v) is 10.5. The predicted molar refractivity (Wildman–Crippen MR) is 68.2 cm³/mol. The van der Waals surface area contributed by atoms with E-state index in [0.29, 0.717) is 16.7 Å². The second-order valence-electron chi connectivity index (χ2n) is 4.41. The molecule has 0 saturated heterocycles. The van der Waals surface area contributed by atoms with E-state index in [-0.39, 0.29) is 16.9 Å². The molecule has 2 aromatic carbocycles. The van der Waals surface area contributed by atoms with E-state index >= 15 is 0 Å². The van der Waals surface area contributed by atoms with Crippen LogP contribution in [0.1, 0.15) is 21.5 Å². The summed E-state index contributed by atoms with van der Waals surface area (Å²) in [5, 5.41) is 8.80. The molecule has 0 spiro atoms. The fourth-order valence-corrected chi connectivity index (χ4v) is 2.19. The fraction of sp³-hybridized carbons (Fsp3) is 0.133. The standard InChI is InChI=1S/C15H12F2O2/c1-8-5-11(16)6-9(2)14(8)12-4-3-10(15(18)19)7-13(12)17/h3-7H,1-2H3,(H,18,19). The first-order valence-electron chi connectivity index (χ1n) is 5.70. The van der Waals surface area contributed by atoms with Gasteiger partial charge in [0.25, 0.3) is 0 Å². The summed E-state index contributed by atoms with van der Waals surface area (Å²) in [6, 6.07) is 6.37. The van der Waals surface area contributed by atoms with Crippen LogP contribution in [0.4, 0.5) is 8.78 Å². The van der Waals surface area contributed by atoms with Crippen molar-refractivity contribution >= 4 is 5.97 Å². The van der Waals surface area contributed by atoms with Crippen LogP contribution in [-0.2, 0) is 0 Å². The minimum Gasteiger partial charge on any atom is -0.478 e. The van der Waals surface area contributed by atoms with Crippen LogP contribution in [0.5, 0.6) is 0 Å². The number of carbonyl (C=O) groups is 1. The molecule has 0 radical (unpaired) electrons. The third kappa shape index (κ3) is 2.47. The molecule has 0 aliphatic rings. The van der Waals surface area contributed by atoms with Gasteiger partial charge < -0.3 is 5.11 Å². The van der Waals surface area contributed by atoms with Gasteiger partial charge in [-0.2, -0.15) is 0 Å². The SMILES string of the molecule is Cc1cc(F)cc(C)c1-c1ccc(C(=O)O)cc1F. The number of hydrogen-bond donors (Lipinski definition) is 1. The van der Waals surface area contributed by atoms with Crippen LogP contribution >= 0.6 is 0 Å². The van der Waals surface area contributed by atoms with E-state index in [9.17, 15) is 13.6 Å². The van der Waals surface area contributed by atoms with Gasteiger partial charge in [0.05, 0.1) is 5.56 Å². The highest BCUT2D eigenvalue weighted by Crippen LogP contribution is 2.30. The summed E-state index contributed by atoms with van der Waals surface area (Å²) in [7, 11) is 0. The molecular weight excluding hydrogens is 250 g/mol. The van der Waals surface area contributed by atoms with Gasteiger partial charge in [-0.15, -0.1) is 0 Å². The first-order valence-corrected chi connectivity index (χ1v) is 5.70. The maximum Gasteiger partial charge on any atom is 0.335 e. The summed E-state index contributed by atoms with van der Waals surface area (Å²) in [5.41, 5.74) is 1.98. The minimum absolute atomic E-state index is 0.112. The molecule has 0 aliphatic heterocycles. The summed E-state index contributed by atoms with van der Waals surface area (Å²) >= 11 is 0. The minimum atomic E-state index is -1.18. The van der Waals surface area contributed by atoms with Crippen molar-refractivity contribution in [3.8, 4) is 11.1 Å². The first kappa shape index (κ1) is 13.2. The Kier molecular flexibility index (Phi) is 3.34. The van der Waals surface area contributed by atoms with E-state index in [1.807, 2.05) is 0 Å². The molecular formula is C15H12F2O2. The molecule has 98 valence electrons. The number of benzene rings is 2. The number of halogens is 2. The van der Waals surface area contributed by atoms with Crippen LogP contribution in [0.15, 0.2) is 30.3 Å². The highest BCUT2D eigenvalue weighted by atomic mass is 19.1. The van der Waals surface area contributed by atoms with Crippen LogP contribution in [0.2, 0.25) is 0 Å². The van der Waals surface area contributed by atoms with Crippen molar-refractivity contribution in [3.63, 3.8) is 0 Å². The van der Waals surface area contributed by atoms with Gasteiger partial charge in [0, 0.05) is 5.56 Å². The van der Waals surface area contributed by atoms with Gasteiger partial charge in [0.15, 0.2) is 0 Å². The van der Waals surface area contributed by atoms with Crippen molar-refractivity contribution in [2.75, 3.05) is 0 Å². The molecule has 0 aliphatic carbocycles. The topological polar surface area (TPSA) is 37.3 Å². The monoisotopic (exact) mass is 262 g/mol. The average molecular weight is 262 g/mol. The highest BCUT2D eigenvalue weighted by Gasteiger charge is 2.14. The second-order valence-corrected chi connectivity index (χ2v) is 4.41. The number of hydrogen-bond acceptors (Lipinski definition) is 1. The molecule has 0 unspecified atom stereocenters. The lowest BCUT2D eigenvalue weighted by molar-refractivity contribution is 0.0696. The summed E-state index contributed by atoms with van der Waals surface area (Å²) in [6.45, 7) is 3.38. The molecule has 0 aromatic heterocycles. The molecule has 0 bridgehead atoms. The van der Waals surface area contributed by atoms with Crippen LogP contribution in [0.25, 0.3) is 11.1 Å². The lowest BCUT2D eigenvalue weighted by Gasteiger charge is -2.11. The summed E-state index contributed by atoms with van der Waals surface area (Å²) in [6.07, 6.45) is 0. The van der Waals surface area contributed by atoms with Gasteiger partial charge in [0.2, 0.25) is 0 Å². The smallest absolute Gasteiger partial charge is 0.335 e. The molecule has 0 saturated carbocycles. The van der Waals surface area contributed by atoms with Crippen molar-refractivity contribution in [3.05, 3.63) is 58.7 Å². The average Bonchev–Trinajstić information content (AvgIpc) is 2.29. The highest BCUT2D eigenvalue weighted by molar-refractivity contribution is 5.88. The van der Waals surface area contributed by atoms with Crippen LogP contribution < -0.4 is 0 Å². The Hall–Kier alpha value is -2.23. The van der Waals surface area contributed by atoms with E-state index in [1.54, 1.807) is 13.8 Å². The maximum atomic E-state index is 14.0. The predicted octanol–water partition coefficient (Wildman–Crippen LogP) is 3.95. The zero-order chi connectivity index (χ0) is 14.2. The van der Waals surface area contributed by atoms with Crippen LogP contribution in [0.3, 0.4) is 0 Å². The van der Waals surface area contributed by atoms with Crippen LogP contribution in [0, 0.1) is 25.5 Å². The largest absolute Gasteiger partial charge is 0.478 e. The fourth-order valence-electron chi connectivity index (χ4n) is 2.19. The lowest BCUT2D eigenvalue weighted by atomic mass is 9.94. The Morgan fingerprint density at radius 2 is 1.63 bits per heavy atom. The van der Waals surface area contributed by atoms with Gasteiger partial charge >= 0.3 is 5.97 Å². The number of aromatic carboxylic acids is 1. The summed E-state index contributed by atoms with van der Waals surface area (Å²) < 4.78 is 27.2. The van der Waals surface area contributed by atoms with Crippen LogP contribution in [-0.4, -0.2) is 11.1 Å². The number of carboxylic acid groups (broad SMARTS) is 1. The van der Waals surface area contributed by atoms with Crippen molar-refractivity contribution < 1.29 is 18.7 Å². The molecule has 19 heavy (non-hydrogen) atoms. The molecule has 0 atom stereocenters. The Morgan fingerprint density at radius 1 is 1.05 bits per heavy atom. The number of aryl methyl sites for hydroxylation is 2. The molecule has 2 nitrogen and oxygen atoms in total. The third-order valence-electron chi connectivity index (χ3n) is 2.98. The summed E-state index contributed by atoms with van der Waals surface area (Å²) in [5.74, 6) is -2.18. The quantitative estimate of drug-likeness (QED) is 0.889. The van der Waals surface area contributed by atoms with Crippen molar-refractivity contribution in [1.82, 2.24) is 0 Å². The van der Waals surface area contributed by atoms with Gasteiger partial charge in [-0.25, -0.2) is 13.6 Å². The third-order valence-corrected chi connectivity index (χ3v) is 2.98. The van der Waals surface area contributed by atoms with Gasteiger partial charge in [-0.3, -0.25) is 0 Å². The van der Waals surface area contributed by atoms with Gasteiger partial charge in [0.1, 0.15) is 11.6 Å².